The van der Waals surface area contributed by atoms with Gasteiger partial charge in [0, 0.05) is 37.8 Å². The van der Waals surface area contributed by atoms with Crippen molar-refractivity contribution in [1.82, 2.24) is 9.21 Å². The van der Waals surface area contributed by atoms with Gasteiger partial charge in [-0.3, -0.25) is 9.59 Å². The van der Waals surface area contributed by atoms with E-state index in [-0.39, 0.29) is 34.8 Å². The average molecular weight is 476 g/mol. The molecule has 2 aliphatic rings. The Kier molecular flexibility index (Phi) is 6.87. The molecule has 2 aliphatic heterocycles. The number of hydrogen-bond acceptors (Lipinski definition) is 6. The minimum atomic E-state index is -3.63. The molecular weight excluding hydrogens is 446 g/mol. The van der Waals surface area contributed by atoms with E-state index >= 15 is 0 Å². The predicted octanol–water partition coefficient (Wildman–Crippen LogP) is 2.57. The first-order valence-corrected chi connectivity index (χ1v) is 12.6. The summed E-state index contributed by atoms with van der Waals surface area (Å²) in [5, 5.41) is 2.87. The third kappa shape index (κ3) is 5.29. The number of morpholine rings is 1. The first-order valence-electron chi connectivity index (χ1n) is 11.1. The van der Waals surface area contributed by atoms with Gasteiger partial charge in [-0.25, -0.2) is 8.42 Å². The van der Waals surface area contributed by atoms with E-state index in [1.165, 1.54) is 22.7 Å². The first-order chi connectivity index (χ1) is 15.7. The van der Waals surface area contributed by atoms with Gasteiger partial charge in [-0.2, -0.15) is 4.31 Å². The summed E-state index contributed by atoms with van der Waals surface area (Å²) in [6.07, 6.45) is 2.24. The summed E-state index contributed by atoms with van der Waals surface area (Å²) in [4.78, 5) is 26.9. The molecule has 1 aromatic carbocycles. The number of nitrogens with one attached hydrogen (secondary N) is 1. The molecule has 0 saturated carbocycles. The molecular formula is C23H29N3O6S. The quantitative estimate of drug-likeness (QED) is 0.712. The van der Waals surface area contributed by atoms with Gasteiger partial charge in [0.05, 0.1) is 23.4 Å². The highest BCUT2D eigenvalue weighted by molar-refractivity contribution is 7.89. The Labute approximate surface area is 193 Å². The Morgan fingerprint density at radius 2 is 1.64 bits per heavy atom. The fraction of sp³-hybridized carbons (Fsp3) is 0.478. The predicted molar refractivity (Wildman–Crippen MR) is 121 cm³/mol. The largest absolute Gasteiger partial charge is 0.459 e. The molecule has 1 aromatic heterocycles. The molecule has 2 fully saturated rings. The normalized spacial score (nSPS) is 22.8. The van der Waals surface area contributed by atoms with Gasteiger partial charge in [-0.15, -0.1) is 0 Å². The highest BCUT2D eigenvalue weighted by atomic mass is 32.2. The second-order valence-electron chi connectivity index (χ2n) is 8.64. The molecule has 0 aliphatic carbocycles. The van der Waals surface area contributed by atoms with Crippen LogP contribution in [0.3, 0.4) is 0 Å². The lowest BCUT2D eigenvalue weighted by molar-refractivity contribution is -0.121. The van der Waals surface area contributed by atoms with Crippen LogP contribution in [-0.2, 0) is 19.6 Å². The van der Waals surface area contributed by atoms with Crippen molar-refractivity contribution in [2.24, 2.45) is 5.92 Å². The van der Waals surface area contributed by atoms with Crippen molar-refractivity contribution >= 4 is 27.5 Å². The highest BCUT2D eigenvalue weighted by Gasteiger charge is 2.32. The van der Waals surface area contributed by atoms with E-state index < -0.39 is 10.0 Å². The van der Waals surface area contributed by atoms with Gasteiger partial charge in [-0.1, -0.05) is 0 Å². The van der Waals surface area contributed by atoms with Crippen LogP contribution >= 0.6 is 0 Å². The number of sulfonamides is 1. The zero-order valence-electron chi connectivity index (χ0n) is 18.8. The number of likely N-dealkylation sites (tertiary alicyclic amines) is 1. The fourth-order valence-corrected chi connectivity index (χ4v) is 5.92. The Morgan fingerprint density at radius 1 is 1.00 bits per heavy atom. The maximum Gasteiger partial charge on any atom is 0.289 e. The van der Waals surface area contributed by atoms with Crippen molar-refractivity contribution in [1.29, 1.82) is 0 Å². The lowest BCUT2D eigenvalue weighted by Gasteiger charge is -2.34. The van der Waals surface area contributed by atoms with Gasteiger partial charge in [0.25, 0.3) is 5.91 Å². The molecule has 4 rings (SSSR count). The number of ether oxygens (including phenoxy) is 1. The van der Waals surface area contributed by atoms with Crippen LogP contribution in [0.1, 0.15) is 37.2 Å². The lowest BCUT2D eigenvalue weighted by atomic mass is 9.95. The molecule has 2 aromatic rings. The van der Waals surface area contributed by atoms with E-state index in [0.717, 1.165) is 0 Å². The number of hydrogen-bond donors (Lipinski definition) is 1. The zero-order valence-corrected chi connectivity index (χ0v) is 19.6. The van der Waals surface area contributed by atoms with Crippen LogP contribution in [-0.4, -0.2) is 67.8 Å². The minimum Gasteiger partial charge on any atom is -0.459 e. The van der Waals surface area contributed by atoms with Crippen LogP contribution < -0.4 is 5.32 Å². The van der Waals surface area contributed by atoms with E-state index in [2.05, 4.69) is 5.32 Å². The number of amides is 2. The van der Waals surface area contributed by atoms with E-state index in [1.54, 1.807) is 29.2 Å². The third-order valence-corrected chi connectivity index (χ3v) is 7.88. The Balaban J connectivity index is 1.33. The highest BCUT2D eigenvalue weighted by Crippen LogP contribution is 2.24. The average Bonchev–Trinajstić information content (AvgIpc) is 3.33. The first kappa shape index (κ1) is 23.5. The van der Waals surface area contributed by atoms with E-state index in [9.17, 15) is 18.0 Å². The number of anilines is 1. The molecule has 1 N–H and O–H groups in total. The van der Waals surface area contributed by atoms with Crippen LogP contribution in [0.25, 0.3) is 0 Å². The molecule has 0 bridgehead atoms. The maximum atomic E-state index is 13.0. The second-order valence-corrected chi connectivity index (χ2v) is 10.6. The smallest absolute Gasteiger partial charge is 0.289 e. The van der Waals surface area contributed by atoms with Crippen LogP contribution in [0.5, 0.6) is 0 Å². The van der Waals surface area contributed by atoms with Crippen LogP contribution in [0.15, 0.2) is 52.0 Å². The van der Waals surface area contributed by atoms with Gasteiger partial charge in [0.15, 0.2) is 5.76 Å². The number of nitrogens with zero attached hydrogens (tertiary/aromatic N) is 2. The molecule has 2 amide bonds. The molecule has 2 atom stereocenters. The van der Waals surface area contributed by atoms with Crippen molar-refractivity contribution in [2.45, 2.75) is 43.8 Å². The number of rotatable bonds is 5. The van der Waals surface area contributed by atoms with Crippen molar-refractivity contribution in [3.05, 3.63) is 48.4 Å². The number of carbonyl (C=O) groups is 2. The molecule has 33 heavy (non-hydrogen) atoms. The maximum absolute atomic E-state index is 13.0. The van der Waals surface area contributed by atoms with Gasteiger partial charge < -0.3 is 19.4 Å². The second kappa shape index (κ2) is 9.66. The summed E-state index contributed by atoms with van der Waals surface area (Å²) in [5.41, 5.74) is 0.539. The summed E-state index contributed by atoms with van der Waals surface area (Å²) >= 11 is 0. The standard InChI is InChI=1S/C23H29N3O6S/c1-16-14-26(15-17(2)32-16)33(29,30)20-7-5-19(6-8-20)24-22(27)18-9-11-25(12-10-18)23(28)21-4-3-13-31-21/h3-8,13,16-18H,9-12,14-15H2,1-2H3,(H,24,27)/t16-,17-/m0/s1. The topological polar surface area (TPSA) is 109 Å². The Hall–Kier alpha value is -2.69. The van der Waals surface area contributed by atoms with Crippen LogP contribution in [0.2, 0.25) is 0 Å². The van der Waals surface area contributed by atoms with E-state index in [1.807, 2.05) is 13.8 Å². The van der Waals surface area contributed by atoms with Crippen LogP contribution in [0, 0.1) is 5.92 Å². The van der Waals surface area contributed by atoms with Crippen molar-refractivity contribution in [2.75, 3.05) is 31.5 Å². The molecule has 9 nitrogen and oxygen atoms in total. The van der Waals surface area contributed by atoms with Crippen molar-refractivity contribution in [3.8, 4) is 0 Å². The summed E-state index contributed by atoms with van der Waals surface area (Å²) in [6.45, 7) is 5.29. The molecule has 0 unspecified atom stereocenters. The van der Waals surface area contributed by atoms with Gasteiger partial charge in [0.1, 0.15) is 0 Å². The van der Waals surface area contributed by atoms with Gasteiger partial charge in [-0.05, 0) is 63.1 Å². The fourth-order valence-electron chi connectivity index (χ4n) is 4.33. The Morgan fingerprint density at radius 3 is 2.21 bits per heavy atom. The monoisotopic (exact) mass is 475 g/mol. The minimum absolute atomic E-state index is 0.133. The summed E-state index contributed by atoms with van der Waals surface area (Å²) in [7, 11) is -3.63. The van der Waals surface area contributed by atoms with Crippen molar-refractivity contribution in [3.63, 3.8) is 0 Å². The molecule has 0 spiro atoms. The van der Waals surface area contributed by atoms with E-state index in [0.29, 0.717) is 50.5 Å². The molecule has 178 valence electrons. The summed E-state index contributed by atoms with van der Waals surface area (Å²) in [6, 6.07) is 9.54. The molecule has 2 saturated heterocycles. The molecule has 10 heteroatoms. The number of furan rings is 1. The summed E-state index contributed by atoms with van der Waals surface area (Å²) in [5.74, 6) is -0.217. The van der Waals surface area contributed by atoms with Crippen LogP contribution in [0.4, 0.5) is 5.69 Å². The lowest BCUT2D eigenvalue weighted by Crippen LogP contribution is -2.48. The van der Waals surface area contributed by atoms with Gasteiger partial charge >= 0.3 is 0 Å². The SMILES string of the molecule is C[C@H]1CN(S(=O)(=O)c2ccc(NC(=O)C3CCN(C(=O)c4ccco4)CC3)cc2)C[C@H](C)O1. The van der Waals surface area contributed by atoms with Gasteiger partial charge in [0.2, 0.25) is 15.9 Å². The van der Waals surface area contributed by atoms with E-state index in [4.69, 9.17) is 9.15 Å². The summed E-state index contributed by atoms with van der Waals surface area (Å²) < 4.78 is 38.2. The molecule has 3 heterocycles. The van der Waals surface area contributed by atoms with Crippen molar-refractivity contribution < 1.29 is 27.2 Å². The number of piperidine rings is 1. The number of carbonyl (C=O) groups excluding carboxylic acids is 2. The number of benzene rings is 1. The molecule has 0 radical (unpaired) electrons. The Bertz CT molecular complexity index is 1070. The third-order valence-electron chi connectivity index (χ3n) is 6.03. The zero-order chi connectivity index (χ0) is 23.6.